The lowest BCUT2D eigenvalue weighted by molar-refractivity contribution is -0.397. The quantitative estimate of drug-likeness (QED) is 0.0404. The molecule has 8 heterocycles. The summed E-state index contributed by atoms with van der Waals surface area (Å²) < 4.78 is 89.4. The van der Waals surface area contributed by atoms with E-state index in [0.29, 0.717) is 0 Å². The van der Waals surface area contributed by atoms with Crippen molar-refractivity contribution in [2.45, 2.75) is 280 Å². The summed E-state index contributed by atoms with van der Waals surface area (Å²) in [6.45, 7) is -2.22. The number of ether oxygens (including phenoxy) is 15. The fourth-order valence-electron chi connectivity index (χ4n) is 12.9. The van der Waals surface area contributed by atoms with E-state index in [9.17, 15) is 126 Å². The average molecular weight is 1460 g/mol. The molecule has 0 aromatic carbocycles. The smallest absolute Gasteiger partial charge is 0.217 e. The molecular weight excluding hydrogens is 1370 g/mol. The monoisotopic (exact) mass is 1460 g/mol. The van der Waals surface area contributed by atoms with Gasteiger partial charge in [0.05, 0.1) is 52.4 Å². The Morgan fingerprint density at radius 3 is 1.08 bits per heavy atom. The highest BCUT2D eigenvalue weighted by Gasteiger charge is 2.60. The molecule has 0 spiro atoms. The molecule has 4 amide bonds. The predicted molar refractivity (Wildman–Crippen MR) is 309 cm³/mol. The SMILES string of the molecule is CC(=O)N[C@@H]1[C@@H](O[C@H]2O[C@H](C)[C@H](O)[C@H](O)[C@H]2O)[C@H](O[C@@H]2O[C@H](CO)[C@@H](O[C@@H]3O[C@H](CO[C@H]4O[C@H](CO)[C@@H](O)[C@H](O)[C@@H]4O[C@@H]4O[C@H](CO)[C@@H](O)[C@H](O)[C@H]4NC(C)=O)[C@@H](O)[C@H](O[C@H]4O[C@H](CO)[C@@H](O)[C@H](O)[C@@H]4O[C@@H]4O[C@H](CO)[C@@H](O)[C@H](O)[C@H]4NC(C)=O)[C@@H]3O)[C@H](O)[C@H]2NC(C)=O)[C@@H](CO)O[C@H]1O. The van der Waals surface area contributed by atoms with Crippen molar-refractivity contribution in [2.75, 3.05) is 46.2 Å². The van der Waals surface area contributed by atoms with Crippen molar-refractivity contribution in [2.24, 2.45) is 0 Å². The maximum absolute atomic E-state index is 13.1. The summed E-state index contributed by atoms with van der Waals surface area (Å²) in [6, 6.07) is -7.13. The zero-order chi connectivity index (χ0) is 73.8. The summed E-state index contributed by atoms with van der Waals surface area (Å²) in [4.78, 5) is 50.6. The van der Waals surface area contributed by atoms with Crippen LogP contribution in [0.15, 0.2) is 0 Å². The van der Waals surface area contributed by atoms with Gasteiger partial charge in [-0.1, -0.05) is 0 Å². The zero-order valence-corrected chi connectivity index (χ0v) is 54.2. The van der Waals surface area contributed by atoms with Crippen molar-refractivity contribution in [3.63, 3.8) is 0 Å². The number of rotatable bonds is 25. The van der Waals surface area contributed by atoms with Gasteiger partial charge in [-0.15, -0.1) is 0 Å². The molecule has 0 bridgehead atoms. The minimum Gasteiger partial charge on any atom is -0.394 e. The third kappa shape index (κ3) is 18.1. The molecule has 44 nitrogen and oxygen atoms in total. The summed E-state index contributed by atoms with van der Waals surface area (Å²) in [5.74, 6) is -3.45. The maximum Gasteiger partial charge on any atom is 0.217 e. The van der Waals surface area contributed by atoms with Gasteiger partial charge in [0.25, 0.3) is 0 Å². The molecule has 0 aromatic rings. The Labute approximate surface area is 567 Å². The Morgan fingerprint density at radius 1 is 0.280 bits per heavy atom. The van der Waals surface area contributed by atoms with E-state index in [1.165, 1.54) is 6.92 Å². The van der Waals surface area contributed by atoms with E-state index in [-0.39, 0.29) is 0 Å². The van der Waals surface area contributed by atoms with Gasteiger partial charge in [-0.05, 0) is 6.92 Å². The number of carbonyl (C=O) groups is 4. The van der Waals surface area contributed by atoms with Crippen LogP contribution >= 0.6 is 0 Å². The molecule has 0 saturated carbocycles. The van der Waals surface area contributed by atoms with Gasteiger partial charge >= 0.3 is 0 Å². The first-order valence-electron chi connectivity index (χ1n) is 32.0. The lowest BCUT2D eigenvalue weighted by Crippen LogP contribution is -2.71. The first kappa shape index (κ1) is 82.1. The highest BCUT2D eigenvalue weighted by atomic mass is 16.8. The molecule has 8 fully saturated rings. The number of nitrogens with one attached hydrogen (secondary N) is 4. The molecule has 0 aliphatic carbocycles. The second-order valence-electron chi connectivity index (χ2n) is 25.3. The van der Waals surface area contributed by atoms with Crippen LogP contribution in [0.4, 0.5) is 0 Å². The Hall–Kier alpha value is -3.56. The summed E-state index contributed by atoms with van der Waals surface area (Å²) >= 11 is 0. The Balaban J connectivity index is 1.15. The van der Waals surface area contributed by atoms with Gasteiger partial charge in [-0.2, -0.15) is 0 Å². The Bertz CT molecular complexity index is 2620. The van der Waals surface area contributed by atoms with Gasteiger partial charge in [-0.25, -0.2) is 0 Å². The molecule has 8 saturated heterocycles. The molecule has 8 aliphatic rings. The summed E-state index contributed by atoms with van der Waals surface area (Å²) in [6.07, 6.45) is -72.2. The third-order valence-electron chi connectivity index (χ3n) is 18.2. The largest absolute Gasteiger partial charge is 0.394 e. The van der Waals surface area contributed by atoms with Crippen molar-refractivity contribution in [1.29, 1.82) is 0 Å². The average Bonchev–Trinajstić information content (AvgIpc) is 0.774. The normalized spacial score (nSPS) is 48.7. The van der Waals surface area contributed by atoms with Gasteiger partial charge in [0.15, 0.2) is 50.3 Å². The lowest BCUT2D eigenvalue weighted by Gasteiger charge is -2.51. The van der Waals surface area contributed by atoms with Crippen LogP contribution in [0.25, 0.3) is 0 Å². The van der Waals surface area contributed by atoms with Crippen LogP contribution in [0.2, 0.25) is 0 Å². The van der Waals surface area contributed by atoms with Crippen LogP contribution in [-0.2, 0) is 90.2 Å². The van der Waals surface area contributed by atoms with Gasteiger partial charge in [0, 0.05) is 27.7 Å². The molecule has 100 heavy (non-hydrogen) atoms. The van der Waals surface area contributed by atoms with Gasteiger partial charge in [0.1, 0.15) is 189 Å². The minimum atomic E-state index is -2.51. The van der Waals surface area contributed by atoms with E-state index < -0.39 is 315 Å². The third-order valence-corrected chi connectivity index (χ3v) is 18.2. The summed E-state index contributed by atoms with van der Waals surface area (Å²) in [7, 11) is 0. The van der Waals surface area contributed by atoms with E-state index in [2.05, 4.69) is 21.3 Å². The Morgan fingerprint density at radius 2 is 0.620 bits per heavy atom. The molecule has 0 unspecified atom stereocenters. The van der Waals surface area contributed by atoms with Crippen LogP contribution in [0.3, 0.4) is 0 Å². The number of hydrogen-bond acceptors (Lipinski definition) is 40. The van der Waals surface area contributed by atoms with Crippen molar-refractivity contribution < 1.29 is 197 Å². The molecule has 0 aromatic heterocycles. The molecule has 8 rings (SSSR count). The van der Waals surface area contributed by atoms with Gasteiger partial charge in [0.2, 0.25) is 23.6 Å². The van der Waals surface area contributed by atoms with E-state index in [0.717, 1.165) is 27.7 Å². The molecule has 578 valence electrons. The van der Waals surface area contributed by atoms with Crippen molar-refractivity contribution in [1.82, 2.24) is 21.3 Å². The molecule has 25 N–H and O–H groups in total. The van der Waals surface area contributed by atoms with Crippen LogP contribution in [-0.4, -0.2) is 423 Å². The zero-order valence-electron chi connectivity index (χ0n) is 54.2. The van der Waals surface area contributed by atoms with Gasteiger partial charge < -0.3 is 200 Å². The van der Waals surface area contributed by atoms with Crippen molar-refractivity contribution in [3.8, 4) is 0 Å². The number of aliphatic hydroxyl groups is 21. The second kappa shape index (κ2) is 35.7. The number of carbonyl (C=O) groups excluding carboxylic acids is 4. The summed E-state index contributed by atoms with van der Waals surface area (Å²) in [5, 5.41) is 242. The van der Waals surface area contributed by atoms with E-state index in [1.807, 2.05) is 0 Å². The number of amides is 4. The Kier molecular flexibility index (Phi) is 29.3. The number of aliphatic hydroxyl groups excluding tert-OH is 21. The maximum atomic E-state index is 13.1. The lowest BCUT2D eigenvalue weighted by atomic mass is 9.93. The molecule has 8 aliphatic heterocycles. The van der Waals surface area contributed by atoms with E-state index >= 15 is 0 Å². The standard InChI is InChI=1S/C56H94N4O40/c1-13-29(71)38(80)41(83)53(87-13)97-45-28(60-17(5)70)49(85)88-23(11-66)44(45)96-52-27(59-16(4)69)37(79)43(22(10-65)93-52)95-54-42(84)46(98-56-48(40(82)33(75)21(9-64)92-56)100-51-26(58-15(3)68)36(78)31(73)19(7-62)90-51)34(76)24(94-54)12-86-55-47(39(81)32(74)20(8-63)91-55)99-50-25(57-14(2)67)35(77)30(72)18(6-61)89-50/h13,18-56,61-66,71-85H,6-12H2,1-5H3,(H,57,67)(H,58,68)(H,59,69)(H,60,70)/t13-,18-,19-,20-,21-,22-,23-,24-,25-,26-,27-,28-,29+,30-,31-,32-,33-,34-,35-,36-,37-,38+,39+,40+,41-,42+,43-,44-,45-,46+,47+,48+,49-,50+,51+,52+,53-,54+,55+,56-/m1/s1. The highest BCUT2D eigenvalue weighted by molar-refractivity contribution is 5.74. The minimum absolute atomic E-state index is 0.822. The van der Waals surface area contributed by atoms with Crippen LogP contribution in [0, 0.1) is 0 Å². The molecule has 44 heteroatoms. The van der Waals surface area contributed by atoms with Gasteiger partial charge in [-0.3, -0.25) is 19.2 Å². The van der Waals surface area contributed by atoms with Crippen LogP contribution in [0.5, 0.6) is 0 Å². The topological polar surface area (TPSA) is 680 Å². The summed E-state index contributed by atoms with van der Waals surface area (Å²) in [5.41, 5.74) is 0. The first-order valence-corrected chi connectivity index (χ1v) is 32.0. The van der Waals surface area contributed by atoms with Crippen molar-refractivity contribution in [3.05, 3.63) is 0 Å². The van der Waals surface area contributed by atoms with Crippen LogP contribution in [0.1, 0.15) is 34.6 Å². The molecule has 0 radical (unpaired) electrons. The van der Waals surface area contributed by atoms with Crippen molar-refractivity contribution >= 4 is 23.6 Å². The number of hydrogen-bond donors (Lipinski definition) is 25. The van der Waals surface area contributed by atoms with Crippen LogP contribution < -0.4 is 21.3 Å². The molecule has 40 atom stereocenters. The highest BCUT2D eigenvalue weighted by Crippen LogP contribution is 2.39. The predicted octanol–water partition coefficient (Wildman–Crippen LogP) is -16.8. The fraction of sp³-hybridized carbons (Fsp3) is 0.929. The molecular formula is C56H94N4O40. The first-order chi connectivity index (χ1) is 47.2. The van der Waals surface area contributed by atoms with E-state index in [4.69, 9.17) is 71.1 Å². The second-order valence-corrected chi connectivity index (χ2v) is 25.3. The fourth-order valence-corrected chi connectivity index (χ4v) is 12.9. The van der Waals surface area contributed by atoms with E-state index in [1.54, 1.807) is 0 Å².